The first-order valence-corrected chi connectivity index (χ1v) is 7.49. The predicted octanol–water partition coefficient (Wildman–Crippen LogP) is 2.63. The molecule has 124 valence electrons. The third kappa shape index (κ3) is 3.94. The number of alkyl halides is 1. The van der Waals surface area contributed by atoms with E-state index in [-0.39, 0.29) is 30.4 Å². The molecule has 1 atom stereocenters. The maximum absolute atomic E-state index is 15.2. The zero-order chi connectivity index (χ0) is 17.3. The Balaban J connectivity index is 2.33. The van der Waals surface area contributed by atoms with Crippen molar-refractivity contribution in [1.29, 1.82) is 0 Å². The highest BCUT2D eigenvalue weighted by Gasteiger charge is 2.43. The first-order chi connectivity index (χ1) is 10.6. The summed E-state index contributed by atoms with van der Waals surface area (Å²) in [5.74, 6) is -2.06. The fourth-order valence-corrected chi connectivity index (χ4v) is 2.40. The molecule has 0 bridgehead atoms. The number of carbonyl (C=O) groups excluding carboxylic acids is 3. The van der Waals surface area contributed by atoms with Crippen LogP contribution in [-0.4, -0.2) is 23.4 Å². The number of hydrogen-bond acceptors (Lipinski definition) is 4. The molecule has 1 aliphatic rings. The largest absolute Gasteiger partial charge is 0.456 e. The Labute approximate surface area is 134 Å². The highest BCUT2D eigenvalue weighted by molar-refractivity contribution is 6.01. The molecule has 1 unspecified atom stereocenters. The number of carbonyl (C=O) groups is 3. The molecule has 1 aromatic rings. The summed E-state index contributed by atoms with van der Waals surface area (Å²) < 4.78 is 20.4. The average molecular weight is 321 g/mol. The number of imide groups is 1. The van der Waals surface area contributed by atoms with Crippen LogP contribution in [0, 0.1) is 0 Å². The third-order valence-corrected chi connectivity index (χ3v) is 3.49. The van der Waals surface area contributed by atoms with Crippen molar-refractivity contribution >= 4 is 17.8 Å². The molecule has 2 amide bonds. The second-order valence-corrected chi connectivity index (χ2v) is 6.61. The molecule has 0 saturated carbocycles. The number of esters is 1. The van der Waals surface area contributed by atoms with Crippen LogP contribution in [0.4, 0.5) is 4.39 Å². The lowest BCUT2D eigenvalue weighted by Crippen LogP contribution is -2.41. The molecule has 0 radical (unpaired) electrons. The van der Waals surface area contributed by atoms with Crippen LogP contribution in [-0.2, 0) is 20.0 Å². The van der Waals surface area contributed by atoms with E-state index in [4.69, 9.17) is 4.74 Å². The number of hydrogen-bond donors (Lipinski definition) is 1. The molecule has 5 nitrogen and oxygen atoms in total. The average Bonchev–Trinajstić information content (AvgIpc) is 2.57. The zero-order valence-corrected chi connectivity index (χ0v) is 13.4. The van der Waals surface area contributed by atoms with E-state index in [1.165, 1.54) is 24.3 Å². The van der Waals surface area contributed by atoms with Crippen molar-refractivity contribution in [3.8, 4) is 0 Å². The van der Waals surface area contributed by atoms with Gasteiger partial charge < -0.3 is 4.74 Å². The van der Waals surface area contributed by atoms with Crippen molar-refractivity contribution in [3.05, 3.63) is 35.4 Å². The summed E-state index contributed by atoms with van der Waals surface area (Å²) in [5, 5.41) is 2.05. The molecule has 1 fully saturated rings. The molecule has 0 aliphatic carbocycles. The summed E-state index contributed by atoms with van der Waals surface area (Å²) >= 11 is 0. The lowest BCUT2D eigenvalue weighted by molar-refractivity contribution is -0.137. The number of ether oxygens (including phenoxy) is 1. The van der Waals surface area contributed by atoms with Crippen molar-refractivity contribution in [2.75, 3.05) is 0 Å². The maximum atomic E-state index is 15.2. The van der Waals surface area contributed by atoms with Gasteiger partial charge in [-0.2, -0.15) is 0 Å². The van der Waals surface area contributed by atoms with Gasteiger partial charge in [0.05, 0.1) is 5.56 Å². The summed E-state index contributed by atoms with van der Waals surface area (Å²) in [7, 11) is 0. The molecule has 6 heteroatoms. The minimum absolute atomic E-state index is 0.0491. The zero-order valence-electron chi connectivity index (χ0n) is 13.4. The van der Waals surface area contributed by atoms with Crippen LogP contribution in [0.5, 0.6) is 0 Å². The lowest BCUT2D eigenvalue weighted by atomic mass is 9.89. The van der Waals surface area contributed by atoms with E-state index in [9.17, 15) is 14.4 Å². The molecule has 0 spiro atoms. The first kappa shape index (κ1) is 17.1. The maximum Gasteiger partial charge on any atom is 0.338 e. The van der Waals surface area contributed by atoms with Crippen molar-refractivity contribution in [2.45, 2.75) is 51.3 Å². The van der Waals surface area contributed by atoms with E-state index in [2.05, 4.69) is 0 Å². The summed E-state index contributed by atoms with van der Waals surface area (Å²) in [6, 6.07) is 5.74. The Hall–Kier alpha value is -2.24. The Morgan fingerprint density at radius 2 is 2.00 bits per heavy atom. The molecule has 2 rings (SSSR count). The van der Waals surface area contributed by atoms with E-state index in [0.29, 0.717) is 0 Å². The number of benzene rings is 1. The molecule has 1 saturated heterocycles. The van der Waals surface area contributed by atoms with Gasteiger partial charge in [-0.25, -0.2) is 9.18 Å². The molecule has 23 heavy (non-hydrogen) atoms. The van der Waals surface area contributed by atoms with Crippen LogP contribution in [0.2, 0.25) is 0 Å². The van der Waals surface area contributed by atoms with Gasteiger partial charge in [-0.1, -0.05) is 12.1 Å². The van der Waals surface area contributed by atoms with E-state index in [0.717, 1.165) is 0 Å². The third-order valence-electron chi connectivity index (χ3n) is 3.49. The Morgan fingerprint density at radius 3 is 2.65 bits per heavy atom. The first-order valence-electron chi connectivity index (χ1n) is 7.49. The Morgan fingerprint density at radius 1 is 1.30 bits per heavy atom. The monoisotopic (exact) mass is 321 g/mol. The van der Waals surface area contributed by atoms with Gasteiger partial charge in [0.1, 0.15) is 5.60 Å². The molecular weight excluding hydrogens is 301 g/mol. The number of amides is 2. The quantitative estimate of drug-likeness (QED) is 0.671. The predicted molar refractivity (Wildman–Crippen MR) is 81.4 cm³/mol. The molecule has 1 aromatic carbocycles. The fourth-order valence-electron chi connectivity index (χ4n) is 2.40. The van der Waals surface area contributed by atoms with Crippen LogP contribution in [0.25, 0.3) is 0 Å². The standard InChI is InChI=1S/C17H20FNO4/c1-16(2,3)23-14(21)11-6-4-7-12(10-11)17(18)9-5-8-13(20)19-15(17)22/h4,6-7,10H,5,8-9H2,1-3H3,(H,19,20,22). The van der Waals surface area contributed by atoms with Crippen LogP contribution < -0.4 is 5.32 Å². The topological polar surface area (TPSA) is 72.5 Å². The SMILES string of the molecule is CC(C)(C)OC(=O)c1cccc(C2(F)CCCC(=O)NC2=O)c1. The molecule has 1 aliphatic heterocycles. The van der Waals surface area contributed by atoms with Gasteiger partial charge in [0.25, 0.3) is 5.91 Å². The van der Waals surface area contributed by atoms with E-state index in [1.807, 2.05) is 5.32 Å². The number of rotatable bonds is 2. The molecule has 0 aromatic heterocycles. The van der Waals surface area contributed by atoms with E-state index < -0.39 is 29.1 Å². The Bertz CT molecular complexity index is 650. The fraction of sp³-hybridized carbons (Fsp3) is 0.471. The van der Waals surface area contributed by atoms with Gasteiger partial charge in [-0.15, -0.1) is 0 Å². The van der Waals surface area contributed by atoms with Crippen LogP contribution in [0.1, 0.15) is 56.0 Å². The van der Waals surface area contributed by atoms with Gasteiger partial charge >= 0.3 is 5.97 Å². The van der Waals surface area contributed by atoms with Gasteiger partial charge in [0, 0.05) is 6.42 Å². The summed E-state index contributed by atoms with van der Waals surface area (Å²) in [4.78, 5) is 35.5. The summed E-state index contributed by atoms with van der Waals surface area (Å²) in [6.45, 7) is 5.20. The minimum atomic E-state index is -2.33. The normalized spacial score (nSPS) is 22.3. The summed E-state index contributed by atoms with van der Waals surface area (Å²) in [5.41, 5.74) is -2.79. The van der Waals surface area contributed by atoms with Gasteiger partial charge in [-0.05, 0) is 51.3 Å². The minimum Gasteiger partial charge on any atom is -0.456 e. The highest BCUT2D eigenvalue weighted by atomic mass is 19.1. The van der Waals surface area contributed by atoms with Crippen molar-refractivity contribution < 1.29 is 23.5 Å². The van der Waals surface area contributed by atoms with Crippen LogP contribution in [0.15, 0.2) is 24.3 Å². The highest BCUT2D eigenvalue weighted by Crippen LogP contribution is 2.34. The smallest absolute Gasteiger partial charge is 0.338 e. The second kappa shape index (κ2) is 6.10. The van der Waals surface area contributed by atoms with Crippen molar-refractivity contribution in [1.82, 2.24) is 5.32 Å². The summed E-state index contributed by atoms with van der Waals surface area (Å²) in [6.07, 6.45) is 0.246. The molecule has 1 N–H and O–H groups in total. The lowest BCUT2D eigenvalue weighted by Gasteiger charge is -2.23. The van der Waals surface area contributed by atoms with Crippen LogP contribution in [0.3, 0.4) is 0 Å². The van der Waals surface area contributed by atoms with Crippen LogP contribution >= 0.6 is 0 Å². The van der Waals surface area contributed by atoms with Gasteiger partial charge in [0.2, 0.25) is 11.6 Å². The molecular formula is C17H20FNO4. The number of nitrogens with one attached hydrogen (secondary N) is 1. The van der Waals surface area contributed by atoms with Gasteiger partial charge in [-0.3, -0.25) is 14.9 Å². The second-order valence-electron chi connectivity index (χ2n) is 6.61. The Kier molecular flexibility index (Phi) is 4.54. The van der Waals surface area contributed by atoms with Crippen molar-refractivity contribution in [2.24, 2.45) is 0 Å². The number of halogens is 1. The van der Waals surface area contributed by atoms with Gasteiger partial charge in [0.15, 0.2) is 0 Å². The van der Waals surface area contributed by atoms with E-state index >= 15 is 4.39 Å². The molecule has 1 heterocycles. The van der Waals surface area contributed by atoms with Crippen molar-refractivity contribution in [3.63, 3.8) is 0 Å². The van der Waals surface area contributed by atoms with E-state index in [1.54, 1.807) is 20.8 Å².